The molecule has 1 N–H and O–H groups in total. The Morgan fingerprint density at radius 2 is 1.57 bits per heavy atom. The highest BCUT2D eigenvalue weighted by Crippen LogP contribution is 2.59. The number of amides is 3. The lowest BCUT2D eigenvalue weighted by atomic mass is 9.80. The lowest BCUT2D eigenvalue weighted by Crippen LogP contribution is -2.38. The molecule has 4 rings (SSSR count). The summed E-state index contributed by atoms with van der Waals surface area (Å²) in [5, 5.41) is 1.78. The summed E-state index contributed by atoms with van der Waals surface area (Å²) in [5.41, 5.74) is 0.736. The molecule has 188 valence electrons. The smallest absolute Gasteiger partial charge is 0.338 e. The van der Waals surface area contributed by atoms with Gasteiger partial charge in [0.1, 0.15) is 6.54 Å². The van der Waals surface area contributed by atoms with Gasteiger partial charge in [0.2, 0.25) is 11.8 Å². The lowest BCUT2D eigenvalue weighted by Gasteiger charge is -2.28. The number of nitrogens with one attached hydrogen (secondary N) is 1. The molecule has 3 fully saturated rings. The summed E-state index contributed by atoms with van der Waals surface area (Å²) in [4.78, 5) is 62.8. The largest absolute Gasteiger partial charge is 0.462 e. The van der Waals surface area contributed by atoms with E-state index in [4.69, 9.17) is 32.7 Å². The van der Waals surface area contributed by atoms with E-state index in [0.717, 1.165) is 4.90 Å². The zero-order chi connectivity index (χ0) is 25.4. The van der Waals surface area contributed by atoms with Crippen LogP contribution in [0.1, 0.15) is 30.6 Å². The van der Waals surface area contributed by atoms with Gasteiger partial charge in [0.05, 0.1) is 34.8 Å². The molecule has 9 nitrogen and oxygen atoms in total. The fourth-order valence-electron chi connectivity index (χ4n) is 5.10. The minimum atomic E-state index is -0.873. The van der Waals surface area contributed by atoms with Gasteiger partial charge >= 0.3 is 11.9 Å². The average molecular weight is 525 g/mol. The van der Waals surface area contributed by atoms with Crippen molar-refractivity contribution in [3.8, 4) is 0 Å². The van der Waals surface area contributed by atoms with Crippen LogP contribution < -0.4 is 5.32 Å². The van der Waals surface area contributed by atoms with E-state index in [1.807, 2.05) is 13.8 Å². The number of hydrogen-bond donors (Lipinski definition) is 1. The monoisotopic (exact) mass is 524 g/mol. The standard InChI is InChI=1S/C24H26Cl2N2O7/c1-11(2)9-35-24(33)12-3-5-13(6-4-12)27-16(29)10-34-17(30)8-28-22(31)18-14-7-15(19(18)23(28)32)21(26)20(14)25/h3-6,11,14-15,18-21H,7-10H2,1-2H3,(H,27,29)/t14-,15-,18-,19+,20-,21+/m1/s1. The molecule has 0 radical (unpaired) electrons. The molecule has 1 heterocycles. The van der Waals surface area contributed by atoms with Crippen LogP contribution in [0.25, 0.3) is 0 Å². The van der Waals surface area contributed by atoms with Gasteiger partial charge in [-0.3, -0.25) is 24.1 Å². The highest BCUT2D eigenvalue weighted by atomic mass is 35.5. The van der Waals surface area contributed by atoms with Gasteiger partial charge in [-0.05, 0) is 48.4 Å². The summed E-state index contributed by atoms with van der Waals surface area (Å²) in [7, 11) is 0. The summed E-state index contributed by atoms with van der Waals surface area (Å²) in [6.07, 6.45) is 0.633. The number of esters is 2. The van der Waals surface area contributed by atoms with Gasteiger partial charge in [-0.15, -0.1) is 23.2 Å². The molecule has 6 atom stereocenters. The second-order valence-corrected chi connectivity index (χ2v) is 10.6. The fourth-order valence-corrected chi connectivity index (χ4v) is 5.99. The van der Waals surface area contributed by atoms with Gasteiger partial charge in [-0.2, -0.15) is 0 Å². The van der Waals surface area contributed by atoms with Crippen LogP contribution in [0.4, 0.5) is 5.69 Å². The van der Waals surface area contributed by atoms with E-state index in [-0.39, 0.29) is 28.5 Å². The molecule has 35 heavy (non-hydrogen) atoms. The fraction of sp³-hybridized carbons (Fsp3) is 0.542. The van der Waals surface area contributed by atoms with Crippen molar-refractivity contribution < 1.29 is 33.4 Å². The number of fused-ring (bicyclic) bond motifs is 5. The van der Waals surface area contributed by atoms with Gasteiger partial charge in [-0.1, -0.05) is 13.8 Å². The number of likely N-dealkylation sites (tertiary alicyclic amines) is 1. The number of rotatable bonds is 8. The Labute approximate surface area is 212 Å². The minimum absolute atomic E-state index is 0.180. The Kier molecular flexibility index (Phi) is 7.38. The molecule has 0 aromatic heterocycles. The molecule has 1 aromatic carbocycles. The van der Waals surface area contributed by atoms with Crippen molar-refractivity contribution in [3.63, 3.8) is 0 Å². The first-order chi connectivity index (χ1) is 16.6. The van der Waals surface area contributed by atoms with Gasteiger partial charge < -0.3 is 14.8 Å². The molecule has 2 bridgehead atoms. The number of alkyl halides is 2. The normalized spacial score (nSPS) is 28.9. The van der Waals surface area contributed by atoms with Crippen LogP contribution >= 0.6 is 23.2 Å². The predicted molar refractivity (Wildman–Crippen MR) is 126 cm³/mol. The molecular weight excluding hydrogens is 499 g/mol. The molecular formula is C24H26Cl2N2O7. The van der Waals surface area contributed by atoms with Gasteiger partial charge in [0.25, 0.3) is 5.91 Å². The van der Waals surface area contributed by atoms with Crippen LogP contribution in [0, 0.1) is 29.6 Å². The van der Waals surface area contributed by atoms with E-state index in [0.29, 0.717) is 24.3 Å². The van der Waals surface area contributed by atoms with Crippen LogP contribution in [0.3, 0.4) is 0 Å². The molecule has 0 spiro atoms. The van der Waals surface area contributed by atoms with E-state index in [1.54, 1.807) is 0 Å². The topological polar surface area (TPSA) is 119 Å². The third-order valence-electron chi connectivity index (χ3n) is 6.68. The summed E-state index contributed by atoms with van der Waals surface area (Å²) in [5.74, 6) is -4.06. The minimum Gasteiger partial charge on any atom is -0.462 e. The second-order valence-electron chi connectivity index (χ2n) is 9.54. The Morgan fingerprint density at radius 3 is 2.11 bits per heavy atom. The first kappa shape index (κ1) is 25.4. The Hall–Kier alpha value is -2.65. The van der Waals surface area contributed by atoms with E-state index < -0.39 is 54.6 Å². The Morgan fingerprint density at radius 1 is 1.00 bits per heavy atom. The number of ether oxygens (including phenoxy) is 2. The third kappa shape index (κ3) is 5.02. The van der Waals surface area contributed by atoms with E-state index >= 15 is 0 Å². The van der Waals surface area contributed by atoms with E-state index in [9.17, 15) is 24.0 Å². The van der Waals surface area contributed by atoms with Crippen molar-refractivity contribution in [1.82, 2.24) is 4.90 Å². The average Bonchev–Trinajstić information content (AvgIpc) is 3.43. The molecule has 2 aliphatic carbocycles. The maximum absolute atomic E-state index is 12.8. The lowest BCUT2D eigenvalue weighted by molar-refractivity contribution is -0.154. The maximum atomic E-state index is 12.8. The molecule has 2 saturated carbocycles. The highest BCUT2D eigenvalue weighted by molar-refractivity contribution is 6.31. The van der Waals surface area contributed by atoms with E-state index in [1.165, 1.54) is 24.3 Å². The summed E-state index contributed by atoms with van der Waals surface area (Å²) in [6.45, 7) is 3.00. The first-order valence-electron chi connectivity index (χ1n) is 11.4. The van der Waals surface area contributed by atoms with Crippen molar-refractivity contribution in [2.45, 2.75) is 31.0 Å². The maximum Gasteiger partial charge on any atom is 0.338 e. The van der Waals surface area contributed by atoms with Crippen LogP contribution in [-0.2, 0) is 28.7 Å². The van der Waals surface area contributed by atoms with E-state index in [2.05, 4.69) is 5.32 Å². The molecule has 3 amide bonds. The van der Waals surface area contributed by atoms with Gasteiger partial charge in [-0.25, -0.2) is 4.79 Å². The number of carbonyl (C=O) groups is 5. The Bertz CT molecular complexity index is 1010. The SMILES string of the molecule is CC(C)COC(=O)c1ccc(NC(=O)COC(=O)CN2C(=O)[C@@H]3[C@H]4C[C@@H]([C@H](Cl)[C@@H]4Cl)[C@@H]3C2=O)cc1. The number of hydrogen-bond acceptors (Lipinski definition) is 7. The first-order valence-corrected chi connectivity index (χ1v) is 12.3. The van der Waals surface area contributed by atoms with Crippen LogP contribution in [-0.4, -0.2) is 65.1 Å². The van der Waals surface area contributed by atoms with Gasteiger partial charge in [0.15, 0.2) is 6.61 Å². The number of imide groups is 1. The number of benzene rings is 1. The van der Waals surface area contributed by atoms with Crippen LogP contribution in [0.2, 0.25) is 0 Å². The number of anilines is 1. The molecule has 1 saturated heterocycles. The quantitative estimate of drug-likeness (QED) is 0.315. The second kappa shape index (κ2) is 10.1. The molecule has 3 aliphatic rings. The summed E-state index contributed by atoms with van der Waals surface area (Å²) < 4.78 is 10.1. The highest BCUT2D eigenvalue weighted by Gasteiger charge is 2.66. The van der Waals surface area contributed by atoms with Crippen molar-refractivity contribution in [3.05, 3.63) is 29.8 Å². The predicted octanol–water partition coefficient (Wildman–Crippen LogP) is 2.45. The molecule has 11 heteroatoms. The van der Waals surface area contributed by atoms with Crippen molar-refractivity contribution >= 4 is 58.5 Å². The zero-order valence-electron chi connectivity index (χ0n) is 19.2. The molecule has 0 unspecified atom stereocenters. The third-order valence-corrected chi connectivity index (χ3v) is 8.00. The van der Waals surface area contributed by atoms with Crippen LogP contribution in [0.5, 0.6) is 0 Å². The van der Waals surface area contributed by atoms with Crippen molar-refractivity contribution in [2.24, 2.45) is 29.6 Å². The molecule has 1 aromatic rings. The molecule has 1 aliphatic heterocycles. The number of nitrogens with zero attached hydrogens (tertiary/aromatic N) is 1. The van der Waals surface area contributed by atoms with Crippen molar-refractivity contribution in [2.75, 3.05) is 25.1 Å². The van der Waals surface area contributed by atoms with Gasteiger partial charge in [0, 0.05) is 5.69 Å². The summed E-state index contributed by atoms with van der Waals surface area (Å²) >= 11 is 12.6. The number of halogens is 2. The zero-order valence-corrected chi connectivity index (χ0v) is 20.8. The summed E-state index contributed by atoms with van der Waals surface area (Å²) in [6, 6.07) is 6.06. The Balaban J connectivity index is 1.24. The van der Waals surface area contributed by atoms with Crippen LogP contribution in [0.15, 0.2) is 24.3 Å². The van der Waals surface area contributed by atoms with Crippen molar-refractivity contribution in [1.29, 1.82) is 0 Å². The number of carbonyl (C=O) groups excluding carboxylic acids is 5.